The van der Waals surface area contributed by atoms with Gasteiger partial charge in [-0.3, -0.25) is 0 Å². The normalized spacial score (nSPS) is 10.9. The molecule has 3 nitrogen and oxygen atoms in total. The molecule has 2 aromatic carbocycles. The zero-order valence-electron chi connectivity index (χ0n) is 10.2. The Balaban J connectivity index is 1.83. The summed E-state index contributed by atoms with van der Waals surface area (Å²) < 4.78 is 31.7. The van der Waals surface area contributed by atoms with Gasteiger partial charge >= 0.3 is 0 Å². The number of nitrogens with one attached hydrogen (secondary N) is 1. The second-order valence-corrected chi connectivity index (χ2v) is 4.59. The maximum absolute atomic E-state index is 13.1. The molecule has 0 bridgehead atoms. The molecule has 1 heterocycles. The van der Waals surface area contributed by atoms with Gasteiger partial charge in [-0.15, -0.1) is 0 Å². The van der Waals surface area contributed by atoms with E-state index in [9.17, 15) is 8.78 Å². The number of nitrogens with zero attached hydrogens (tertiary/aromatic N) is 1. The topological polar surface area (TPSA) is 37.9 Å². The zero-order valence-corrected chi connectivity index (χ0v) is 10.9. The molecule has 0 radical (unpaired) electrons. The van der Waals surface area contributed by atoms with Crippen molar-refractivity contribution in [2.24, 2.45) is 0 Å². The molecule has 0 aliphatic rings. The van der Waals surface area contributed by atoms with Crippen LogP contribution in [0, 0.1) is 11.6 Å². The van der Waals surface area contributed by atoms with E-state index in [0.717, 1.165) is 12.1 Å². The Morgan fingerprint density at radius 3 is 2.70 bits per heavy atom. The summed E-state index contributed by atoms with van der Waals surface area (Å²) in [6.07, 6.45) is 0. The number of imidazole rings is 1. The number of benzene rings is 2. The smallest absolute Gasteiger partial charge is 0.161 e. The van der Waals surface area contributed by atoms with Gasteiger partial charge in [0.25, 0.3) is 0 Å². The van der Waals surface area contributed by atoms with Gasteiger partial charge in [0.05, 0.1) is 16.1 Å². The Hall–Kier alpha value is -2.14. The fourth-order valence-electron chi connectivity index (χ4n) is 1.83. The molecular formula is C14H9ClF2N2O. The van der Waals surface area contributed by atoms with Gasteiger partial charge in [0, 0.05) is 12.1 Å². The van der Waals surface area contributed by atoms with E-state index >= 15 is 0 Å². The first kappa shape index (κ1) is 12.9. The van der Waals surface area contributed by atoms with Crippen molar-refractivity contribution in [3.63, 3.8) is 0 Å². The van der Waals surface area contributed by atoms with E-state index in [-0.39, 0.29) is 6.61 Å². The average molecular weight is 295 g/mol. The molecule has 0 fully saturated rings. The third-order valence-corrected chi connectivity index (χ3v) is 3.09. The van der Waals surface area contributed by atoms with Crippen molar-refractivity contribution in [1.29, 1.82) is 0 Å². The summed E-state index contributed by atoms with van der Waals surface area (Å²) in [7, 11) is 0. The molecule has 1 aromatic heterocycles. The molecule has 3 rings (SSSR count). The van der Waals surface area contributed by atoms with Gasteiger partial charge in [-0.05, 0) is 12.1 Å². The minimum Gasteiger partial charge on any atom is -0.484 e. The fourth-order valence-corrected chi connectivity index (χ4v) is 2.02. The number of aromatic nitrogens is 2. The molecule has 0 saturated heterocycles. The van der Waals surface area contributed by atoms with Gasteiger partial charge in [0.2, 0.25) is 0 Å². The Kier molecular flexibility index (Phi) is 3.28. The molecule has 0 unspecified atom stereocenters. The van der Waals surface area contributed by atoms with Gasteiger partial charge in [-0.2, -0.15) is 0 Å². The second-order valence-electron chi connectivity index (χ2n) is 4.19. The van der Waals surface area contributed by atoms with E-state index in [4.69, 9.17) is 16.3 Å². The molecule has 6 heteroatoms. The molecule has 0 aliphatic heterocycles. The van der Waals surface area contributed by atoms with Crippen molar-refractivity contribution in [1.82, 2.24) is 9.97 Å². The molecule has 0 aliphatic carbocycles. The molecule has 0 amide bonds. The van der Waals surface area contributed by atoms with Crippen LogP contribution in [0.2, 0.25) is 5.02 Å². The molecular weight excluding hydrogens is 286 g/mol. The summed E-state index contributed by atoms with van der Waals surface area (Å²) in [5.41, 5.74) is 0.767. The largest absolute Gasteiger partial charge is 0.484 e. The van der Waals surface area contributed by atoms with Gasteiger partial charge in [0.15, 0.2) is 11.6 Å². The summed E-state index contributed by atoms with van der Waals surface area (Å²) in [6.45, 7) is 0.127. The summed E-state index contributed by atoms with van der Waals surface area (Å²) >= 11 is 5.96. The Morgan fingerprint density at radius 1 is 1.15 bits per heavy atom. The second kappa shape index (κ2) is 5.09. The lowest BCUT2D eigenvalue weighted by molar-refractivity contribution is 0.297. The molecule has 0 atom stereocenters. The van der Waals surface area contributed by atoms with Crippen molar-refractivity contribution in [3.05, 3.63) is 58.9 Å². The number of halogens is 3. The van der Waals surface area contributed by atoms with Crippen LogP contribution in [0.25, 0.3) is 11.0 Å². The Bertz CT molecular complexity index is 734. The average Bonchev–Trinajstić information content (AvgIpc) is 2.80. The molecule has 1 N–H and O–H groups in total. The lowest BCUT2D eigenvalue weighted by Crippen LogP contribution is -1.97. The van der Waals surface area contributed by atoms with Crippen LogP contribution < -0.4 is 4.74 Å². The third kappa shape index (κ3) is 2.44. The molecule has 20 heavy (non-hydrogen) atoms. The van der Waals surface area contributed by atoms with Crippen molar-refractivity contribution < 1.29 is 13.5 Å². The molecule has 3 aromatic rings. The number of para-hydroxylation sites is 1. The quantitative estimate of drug-likeness (QED) is 0.790. The lowest BCUT2D eigenvalue weighted by atomic mass is 10.3. The van der Waals surface area contributed by atoms with Crippen LogP contribution in [0.15, 0.2) is 36.4 Å². The molecule has 0 spiro atoms. The van der Waals surface area contributed by atoms with E-state index < -0.39 is 11.6 Å². The van der Waals surface area contributed by atoms with Crippen molar-refractivity contribution >= 4 is 22.6 Å². The van der Waals surface area contributed by atoms with Crippen LogP contribution >= 0.6 is 11.6 Å². The summed E-state index contributed by atoms with van der Waals surface area (Å²) in [5, 5.41) is 0.487. The molecule has 0 saturated carbocycles. The van der Waals surface area contributed by atoms with Crippen LogP contribution in [0.1, 0.15) is 5.82 Å². The highest BCUT2D eigenvalue weighted by atomic mass is 35.5. The van der Waals surface area contributed by atoms with Crippen molar-refractivity contribution in [3.8, 4) is 5.75 Å². The highest BCUT2D eigenvalue weighted by Crippen LogP contribution is 2.24. The van der Waals surface area contributed by atoms with Crippen molar-refractivity contribution in [2.45, 2.75) is 6.61 Å². The van der Waals surface area contributed by atoms with Crippen molar-refractivity contribution in [2.75, 3.05) is 0 Å². The number of hydrogen-bond donors (Lipinski definition) is 1. The molecule has 102 valence electrons. The number of aromatic amines is 1. The first-order chi connectivity index (χ1) is 9.63. The predicted molar refractivity (Wildman–Crippen MR) is 71.8 cm³/mol. The van der Waals surface area contributed by atoms with E-state index in [1.807, 2.05) is 0 Å². The third-order valence-electron chi connectivity index (χ3n) is 2.77. The maximum atomic E-state index is 13.1. The summed E-state index contributed by atoms with van der Waals surface area (Å²) in [4.78, 5) is 7.00. The van der Waals surface area contributed by atoms with Crippen LogP contribution in [0.5, 0.6) is 5.75 Å². The highest BCUT2D eigenvalue weighted by molar-refractivity contribution is 6.32. The number of hydrogen-bond acceptors (Lipinski definition) is 2. The number of ether oxygens (including phenoxy) is 1. The maximum Gasteiger partial charge on any atom is 0.161 e. The Morgan fingerprint density at radius 2 is 1.90 bits per heavy atom. The minimum absolute atomic E-state index is 0.127. The summed E-state index contributed by atoms with van der Waals surface area (Å²) in [5.74, 6) is -0.862. The predicted octanol–water partition coefficient (Wildman–Crippen LogP) is 4.07. The zero-order chi connectivity index (χ0) is 14.1. The van der Waals surface area contributed by atoms with Crippen LogP contribution in [0.4, 0.5) is 8.78 Å². The van der Waals surface area contributed by atoms with Gasteiger partial charge in [-0.25, -0.2) is 13.8 Å². The summed E-state index contributed by atoms with van der Waals surface area (Å²) in [6, 6.07) is 9.13. The van der Waals surface area contributed by atoms with E-state index in [2.05, 4.69) is 9.97 Å². The van der Waals surface area contributed by atoms with E-state index in [1.165, 1.54) is 0 Å². The minimum atomic E-state index is -0.928. The number of H-pyrrole nitrogens is 1. The standard InChI is InChI=1S/C14H9ClF2N2O/c15-8-3-1-2-4-13(8)20-7-14-18-11-5-9(16)10(17)6-12(11)19-14/h1-6H,7H2,(H,18,19). The van der Waals surface area contributed by atoms with Gasteiger partial charge in [-0.1, -0.05) is 23.7 Å². The lowest BCUT2D eigenvalue weighted by Gasteiger charge is -2.05. The van der Waals surface area contributed by atoms with Crippen LogP contribution in [-0.4, -0.2) is 9.97 Å². The number of fused-ring (bicyclic) bond motifs is 1. The van der Waals surface area contributed by atoms with E-state index in [0.29, 0.717) is 27.6 Å². The first-order valence-electron chi connectivity index (χ1n) is 5.84. The highest BCUT2D eigenvalue weighted by Gasteiger charge is 2.09. The van der Waals surface area contributed by atoms with Gasteiger partial charge in [0.1, 0.15) is 18.2 Å². The fraction of sp³-hybridized carbons (Fsp3) is 0.0714. The van der Waals surface area contributed by atoms with Crippen LogP contribution in [-0.2, 0) is 6.61 Å². The monoisotopic (exact) mass is 294 g/mol. The van der Waals surface area contributed by atoms with Gasteiger partial charge < -0.3 is 9.72 Å². The van der Waals surface area contributed by atoms with E-state index in [1.54, 1.807) is 24.3 Å². The Labute approximate surface area is 118 Å². The first-order valence-corrected chi connectivity index (χ1v) is 6.22. The number of rotatable bonds is 3. The SMILES string of the molecule is Fc1cc2nc(COc3ccccc3Cl)[nH]c2cc1F. The van der Waals surface area contributed by atoms with Crippen LogP contribution in [0.3, 0.4) is 0 Å².